The molecule has 1 saturated heterocycles. The third-order valence-electron chi connectivity index (χ3n) is 6.91. The zero-order valence-corrected chi connectivity index (χ0v) is 21.6. The molecular formula is C30H38F3NO. The minimum atomic E-state index is -0.629. The van der Waals surface area contributed by atoms with E-state index in [1.165, 1.54) is 18.2 Å². The first-order chi connectivity index (χ1) is 16.5. The second kappa shape index (κ2) is 11.1. The average molecular weight is 486 g/mol. The van der Waals surface area contributed by atoms with Crippen LogP contribution in [-0.2, 0) is 11.3 Å². The van der Waals surface area contributed by atoms with Crippen LogP contribution in [0.1, 0.15) is 76.8 Å². The number of benzene rings is 2. The van der Waals surface area contributed by atoms with Gasteiger partial charge in [0.05, 0.1) is 7.11 Å². The highest BCUT2D eigenvalue weighted by Crippen LogP contribution is 2.47. The quantitative estimate of drug-likeness (QED) is 0.261. The number of hydroxylamine groups is 2. The lowest BCUT2D eigenvalue weighted by atomic mass is 9.72. The fourth-order valence-electron chi connectivity index (χ4n) is 5.74. The van der Waals surface area contributed by atoms with E-state index in [1.54, 1.807) is 13.2 Å². The van der Waals surface area contributed by atoms with Gasteiger partial charge in [0.25, 0.3) is 0 Å². The molecule has 1 aliphatic heterocycles. The van der Waals surface area contributed by atoms with Gasteiger partial charge in [-0.2, -0.15) is 5.06 Å². The maximum Gasteiger partial charge on any atom is 0.131 e. The summed E-state index contributed by atoms with van der Waals surface area (Å²) in [6.07, 6.45) is 10.5. The lowest BCUT2D eigenvalue weighted by molar-refractivity contribution is -0.267. The molecule has 0 saturated carbocycles. The largest absolute Gasteiger partial charge is 0.301 e. The monoisotopic (exact) mass is 485 g/mol. The molecule has 0 amide bonds. The fourth-order valence-corrected chi connectivity index (χ4v) is 5.74. The van der Waals surface area contributed by atoms with Gasteiger partial charge in [-0.25, -0.2) is 13.2 Å². The number of halogens is 3. The molecule has 1 aliphatic rings. The van der Waals surface area contributed by atoms with Gasteiger partial charge in [-0.05, 0) is 101 Å². The van der Waals surface area contributed by atoms with Gasteiger partial charge >= 0.3 is 0 Å². The summed E-state index contributed by atoms with van der Waals surface area (Å²) in [5, 5.41) is 1.91. The van der Waals surface area contributed by atoms with E-state index in [-0.39, 0.29) is 22.6 Å². The molecule has 1 heterocycles. The minimum Gasteiger partial charge on any atom is -0.301 e. The number of rotatable bonds is 9. The van der Waals surface area contributed by atoms with Crippen molar-refractivity contribution >= 4 is 0 Å². The second-order valence-electron chi connectivity index (χ2n) is 10.8. The number of unbranched alkanes of at least 4 members (excludes halogenated alkanes) is 1. The number of allylic oxidation sites excluding steroid dienone is 3. The van der Waals surface area contributed by atoms with Crippen LogP contribution in [-0.4, -0.2) is 23.3 Å². The number of piperidine rings is 1. The lowest BCUT2D eigenvalue weighted by Crippen LogP contribution is -2.59. The Morgan fingerprint density at radius 3 is 2.06 bits per heavy atom. The van der Waals surface area contributed by atoms with E-state index in [0.717, 1.165) is 24.8 Å². The van der Waals surface area contributed by atoms with Gasteiger partial charge in [0.15, 0.2) is 0 Å². The predicted molar refractivity (Wildman–Crippen MR) is 138 cm³/mol. The Hall–Kier alpha value is -2.37. The van der Waals surface area contributed by atoms with Crippen molar-refractivity contribution in [3.05, 3.63) is 83.7 Å². The van der Waals surface area contributed by atoms with Crippen LogP contribution in [0.4, 0.5) is 13.2 Å². The Labute approximate surface area is 208 Å². The lowest BCUT2D eigenvalue weighted by Gasteiger charge is -2.53. The average Bonchev–Trinajstić information content (AvgIpc) is 2.74. The Kier molecular flexibility index (Phi) is 8.66. The zero-order valence-electron chi connectivity index (χ0n) is 21.6. The summed E-state index contributed by atoms with van der Waals surface area (Å²) < 4.78 is 45.6. The van der Waals surface area contributed by atoms with Crippen LogP contribution in [0.5, 0.6) is 0 Å². The van der Waals surface area contributed by atoms with E-state index in [1.807, 2.05) is 44.9 Å². The van der Waals surface area contributed by atoms with Crippen LogP contribution in [0.3, 0.4) is 0 Å². The number of hydrogen-bond donors (Lipinski definition) is 0. The van der Waals surface area contributed by atoms with Gasteiger partial charge in [0, 0.05) is 22.2 Å². The molecule has 0 aromatic heterocycles. The molecule has 0 spiro atoms. The minimum absolute atomic E-state index is 0.0749. The molecular weight excluding hydrogens is 447 g/mol. The van der Waals surface area contributed by atoms with Crippen molar-refractivity contribution in [2.24, 2.45) is 0 Å². The van der Waals surface area contributed by atoms with Crippen LogP contribution in [0.15, 0.2) is 55.1 Å². The molecule has 35 heavy (non-hydrogen) atoms. The van der Waals surface area contributed by atoms with E-state index >= 15 is 8.78 Å². The summed E-state index contributed by atoms with van der Waals surface area (Å²) >= 11 is 0. The van der Waals surface area contributed by atoms with Crippen molar-refractivity contribution in [1.29, 1.82) is 0 Å². The molecule has 0 aliphatic carbocycles. The van der Waals surface area contributed by atoms with Crippen molar-refractivity contribution in [2.75, 3.05) is 7.11 Å². The van der Waals surface area contributed by atoms with E-state index < -0.39 is 28.5 Å². The summed E-state index contributed by atoms with van der Waals surface area (Å²) in [5.74, 6) is -2.04. The van der Waals surface area contributed by atoms with E-state index in [0.29, 0.717) is 19.3 Å². The summed E-state index contributed by atoms with van der Waals surface area (Å²) in [5.41, 5.74) is 0.542. The van der Waals surface area contributed by atoms with Crippen LogP contribution < -0.4 is 0 Å². The summed E-state index contributed by atoms with van der Waals surface area (Å²) in [4.78, 5) is 5.61. The third kappa shape index (κ3) is 6.25. The molecule has 1 fully saturated rings. The normalized spacial score (nSPS) is 18.3. The Bertz CT molecular complexity index is 1030. The standard InChI is InChI=1S/C30H38F3NO/c1-7-8-9-10-11-12-13-21-14-15-24(25(31)16-21)22-17-26(32)28(27(33)18-22)23-19-29(2,3)34(35-6)30(4,5)20-23/h7,10-11,14-18,23H,1,8-9,12-13,19-20H2,2-6H3/b11-10+. The molecule has 0 atom stereocenters. The Morgan fingerprint density at radius 2 is 1.51 bits per heavy atom. The molecule has 0 N–H and O–H groups in total. The SMILES string of the molecule is C=CCC/C=C/CCc1ccc(-c2cc(F)c(C3CC(C)(C)N(OC)C(C)(C)C3)c(F)c2)c(F)c1. The van der Waals surface area contributed by atoms with E-state index in [2.05, 4.69) is 18.7 Å². The van der Waals surface area contributed by atoms with Gasteiger partial charge in [0.2, 0.25) is 0 Å². The smallest absolute Gasteiger partial charge is 0.131 e. The molecule has 2 nitrogen and oxygen atoms in total. The summed E-state index contributed by atoms with van der Waals surface area (Å²) in [6.45, 7) is 11.8. The Morgan fingerprint density at radius 1 is 0.914 bits per heavy atom. The van der Waals surface area contributed by atoms with Crippen molar-refractivity contribution < 1.29 is 18.0 Å². The molecule has 2 aromatic carbocycles. The molecule has 5 heteroatoms. The second-order valence-corrected chi connectivity index (χ2v) is 10.8. The van der Waals surface area contributed by atoms with Crippen LogP contribution in [0.2, 0.25) is 0 Å². The molecule has 3 rings (SSSR count). The highest BCUT2D eigenvalue weighted by atomic mass is 19.1. The first-order valence-corrected chi connectivity index (χ1v) is 12.4. The van der Waals surface area contributed by atoms with Crippen LogP contribution in [0, 0.1) is 17.5 Å². The summed E-state index contributed by atoms with van der Waals surface area (Å²) in [7, 11) is 1.63. The van der Waals surface area contributed by atoms with E-state index in [9.17, 15) is 4.39 Å². The van der Waals surface area contributed by atoms with Crippen molar-refractivity contribution in [1.82, 2.24) is 5.06 Å². The van der Waals surface area contributed by atoms with Crippen molar-refractivity contribution in [2.45, 2.75) is 83.2 Å². The van der Waals surface area contributed by atoms with Gasteiger partial charge < -0.3 is 4.84 Å². The molecule has 190 valence electrons. The van der Waals surface area contributed by atoms with Gasteiger partial charge in [0.1, 0.15) is 17.5 Å². The number of nitrogens with zero attached hydrogens (tertiary/aromatic N) is 1. The number of aryl methyl sites for hydroxylation is 1. The molecule has 2 aromatic rings. The van der Waals surface area contributed by atoms with Gasteiger partial charge in [-0.15, -0.1) is 6.58 Å². The third-order valence-corrected chi connectivity index (χ3v) is 6.91. The van der Waals surface area contributed by atoms with Crippen LogP contribution in [0.25, 0.3) is 11.1 Å². The van der Waals surface area contributed by atoms with E-state index in [4.69, 9.17) is 4.84 Å². The topological polar surface area (TPSA) is 12.5 Å². The predicted octanol–water partition coefficient (Wildman–Crippen LogP) is 8.52. The highest BCUT2D eigenvalue weighted by molar-refractivity contribution is 5.65. The molecule has 0 radical (unpaired) electrons. The van der Waals surface area contributed by atoms with Gasteiger partial charge in [-0.1, -0.05) is 30.4 Å². The highest BCUT2D eigenvalue weighted by Gasteiger charge is 2.47. The van der Waals surface area contributed by atoms with Crippen molar-refractivity contribution in [3.8, 4) is 11.1 Å². The fraction of sp³-hybridized carbons (Fsp3) is 0.467. The maximum atomic E-state index is 15.3. The first kappa shape index (κ1) is 27.2. The van der Waals surface area contributed by atoms with Gasteiger partial charge in [-0.3, -0.25) is 0 Å². The molecule has 0 unspecified atom stereocenters. The van der Waals surface area contributed by atoms with Crippen molar-refractivity contribution in [3.63, 3.8) is 0 Å². The molecule has 0 bridgehead atoms. The Balaban J connectivity index is 1.81. The van der Waals surface area contributed by atoms with Crippen LogP contribution >= 0.6 is 0 Å². The maximum absolute atomic E-state index is 15.3. The zero-order chi connectivity index (χ0) is 25.8. The number of hydrogen-bond acceptors (Lipinski definition) is 2. The summed E-state index contributed by atoms with van der Waals surface area (Å²) in [6, 6.07) is 7.43. The first-order valence-electron chi connectivity index (χ1n) is 12.4.